The fourth-order valence-corrected chi connectivity index (χ4v) is 3.96. The maximum absolute atomic E-state index is 13.7. The number of alkyl halides is 3. The molecular weight excluding hydrogens is 454 g/mol. The lowest BCUT2D eigenvalue weighted by atomic mass is 10.2. The molecule has 34 heavy (non-hydrogen) atoms. The average molecular weight is 473 g/mol. The summed E-state index contributed by atoms with van der Waals surface area (Å²) in [5.74, 6) is -0.519. The summed E-state index contributed by atoms with van der Waals surface area (Å²) in [5, 5.41) is 3.92. The van der Waals surface area contributed by atoms with Crippen LogP contribution in [0.5, 0.6) is 0 Å². The van der Waals surface area contributed by atoms with E-state index in [2.05, 4.69) is 15.0 Å². The number of Topliss-reactive ketones (excluding diaryl/α,β-unsaturated/α-hetero) is 1. The van der Waals surface area contributed by atoms with Crippen molar-refractivity contribution in [3.63, 3.8) is 0 Å². The number of hydrogen-bond acceptors (Lipinski definition) is 6. The first-order valence-electron chi connectivity index (χ1n) is 10.6. The van der Waals surface area contributed by atoms with E-state index in [1.807, 2.05) is 4.90 Å². The highest BCUT2D eigenvalue weighted by atomic mass is 19.4. The van der Waals surface area contributed by atoms with Crippen LogP contribution in [0.1, 0.15) is 16.2 Å². The van der Waals surface area contributed by atoms with Gasteiger partial charge < -0.3 is 9.32 Å². The number of ketones is 1. The van der Waals surface area contributed by atoms with Crippen LogP contribution in [0.3, 0.4) is 0 Å². The number of nitrogens with zero attached hydrogens (tertiary/aromatic N) is 5. The van der Waals surface area contributed by atoms with E-state index in [4.69, 9.17) is 4.42 Å². The third-order valence-corrected chi connectivity index (χ3v) is 5.71. The Labute approximate surface area is 191 Å². The first-order valence-corrected chi connectivity index (χ1v) is 10.6. The SMILES string of the molecule is O=C(CN1CCN(c2ccc(F)cc2)CC1)c1cc2nc(-c3ccco3)cc(C(F)(F)F)n2n1. The average Bonchev–Trinajstić information content (AvgIpc) is 3.49. The van der Waals surface area contributed by atoms with Crippen molar-refractivity contribution in [2.24, 2.45) is 0 Å². The molecule has 4 heterocycles. The van der Waals surface area contributed by atoms with Crippen LogP contribution in [0.2, 0.25) is 0 Å². The molecule has 0 spiro atoms. The van der Waals surface area contributed by atoms with Gasteiger partial charge in [-0.15, -0.1) is 0 Å². The van der Waals surface area contributed by atoms with Gasteiger partial charge in [-0.25, -0.2) is 13.9 Å². The number of rotatable bonds is 5. The Morgan fingerprint density at radius 3 is 2.41 bits per heavy atom. The molecule has 0 atom stereocenters. The highest BCUT2D eigenvalue weighted by Crippen LogP contribution is 2.32. The van der Waals surface area contributed by atoms with Crippen LogP contribution in [0.4, 0.5) is 23.2 Å². The van der Waals surface area contributed by atoms with Crippen molar-refractivity contribution >= 4 is 17.1 Å². The summed E-state index contributed by atoms with van der Waals surface area (Å²) >= 11 is 0. The van der Waals surface area contributed by atoms with Crippen molar-refractivity contribution in [2.45, 2.75) is 6.18 Å². The fourth-order valence-electron chi connectivity index (χ4n) is 3.96. The number of hydrogen-bond donors (Lipinski definition) is 0. The number of carbonyl (C=O) groups is 1. The number of aromatic nitrogens is 3. The third-order valence-electron chi connectivity index (χ3n) is 5.71. The predicted molar refractivity (Wildman–Crippen MR) is 115 cm³/mol. The van der Waals surface area contributed by atoms with Gasteiger partial charge in [0.2, 0.25) is 0 Å². The van der Waals surface area contributed by atoms with Crippen LogP contribution in [0.15, 0.2) is 59.2 Å². The van der Waals surface area contributed by atoms with E-state index in [0.717, 1.165) is 11.8 Å². The second-order valence-electron chi connectivity index (χ2n) is 7.96. The molecule has 0 N–H and O–H groups in total. The molecule has 5 rings (SSSR count). The van der Waals surface area contributed by atoms with Crippen molar-refractivity contribution in [1.82, 2.24) is 19.5 Å². The largest absolute Gasteiger partial charge is 0.463 e. The van der Waals surface area contributed by atoms with Gasteiger partial charge in [-0.05, 0) is 42.5 Å². The van der Waals surface area contributed by atoms with Crippen LogP contribution in [0.25, 0.3) is 17.1 Å². The number of halogens is 4. The quantitative estimate of drug-likeness (QED) is 0.321. The number of anilines is 1. The van der Waals surface area contributed by atoms with Gasteiger partial charge in [0.15, 0.2) is 22.9 Å². The van der Waals surface area contributed by atoms with E-state index in [1.165, 1.54) is 30.5 Å². The van der Waals surface area contributed by atoms with E-state index in [0.29, 0.717) is 30.7 Å². The number of benzene rings is 1. The summed E-state index contributed by atoms with van der Waals surface area (Å²) in [4.78, 5) is 21.0. The zero-order valence-corrected chi connectivity index (χ0v) is 17.8. The standard InChI is InChI=1S/C23H19F4N5O2/c24-15-3-5-16(6-4-15)31-9-7-30(8-10-31)14-19(33)17-13-22-28-18(20-2-1-11-34-20)12-21(23(25,26)27)32(22)29-17/h1-6,11-13H,7-10,14H2. The Hall–Kier alpha value is -3.73. The lowest BCUT2D eigenvalue weighted by Crippen LogP contribution is -2.48. The molecule has 0 aliphatic carbocycles. The first-order chi connectivity index (χ1) is 16.3. The summed E-state index contributed by atoms with van der Waals surface area (Å²) < 4.78 is 60.0. The summed E-state index contributed by atoms with van der Waals surface area (Å²) in [6, 6.07) is 11.4. The second kappa shape index (κ2) is 8.56. The van der Waals surface area contributed by atoms with Gasteiger partial charge in [-0.3, -0.25) is 9.69 Å². The molecule has 11 heteroatoms. The number of carbonyl (C=O) groups excluding carboxylic acids is 1. The Balaban J connectivity index is 1.33. The van der Waals surface area contributed by atoms with Gasteiger partial charge in [-0.2, -0.15) is 18.3 Å². The molecular formula is C23H19F4N5O2. The van der Waals surface area contributed by atoms with Crippen molar-refractivity contribution < 1.29 is 26.8 Å². The molecule has 7 nitrogen and oxygen atoms in total. The van der Waals surface area contributed by atoms with Gasteiger partial charge in [0.1, 0.15) is 17.2 Å². The molecule has 1 saturated heterocycles. The van der Waals surface area contributed by atoms with Gasteiger partial charge in [0, 0.05) is 37.9 Å². The van der Waals surface area contributed by atoms with Crippen LogP contribution >= 0.6 is 0 Å². The number of piperazine rings is 1. The van der Waals surface area contributed by atoms with Gasteiger partial charge >= 0.3 is 6.18 Å². The maximum atomic E-state index is 13.7. The van der Waals surface area contributed by atoms with Crippen LogP contribution < -0.4 is 4.90 Å². The molecule has 3 aromatic heterocycles. The molecule has 1 aliphatic rings. The van der Waals surface area contributed by atoms with Crippen molar-refractivity contribution in [3.8, 4) is 11.5 Å². The molecule has 1 aliphatic heterocycles. The maximum Gasteiger partial charge on any atom is 0.433 e. The Kier molecular flexibility index (Phi) is 5.56. The molecule has 0 saturated carbocycles. The fraction of sp³-hybridized carbons (Fsp3) is 0.261. The predicted octanol–water partition coefficient (Wildman–Crippen LogP) is 4.15. The van der Waals surface area contributed by atoms with E-state index in [9.17, 15) is 22.4 Å². The molecule has 1 fully saturated rings. The Morgan fingerprint density at radius 2 is 1.76 bits per heavy atom. The molecule has 0 amide bonds. The van der Waals surface area contributed by atoms with Crippen molar-refractivity contribution in [3.05, 3.63) is 72.0 Å². The monoisotopic (exact) mass is 473 g/mol. The van der Waals surface area contributed by atoms with E-state index < -0.39 is 17.7 Å². The molecule has 0 bridgehead atoms. The van der Waals surface area contributed by atoms with Crippen molar-refractivity contribution in [1.29, 1.82) is 0 Å². The minimum Gasteiger partial charge on any atom is -0.463 e. The van der Waals surface area contributed by atoms with Crippen LogP contribution in [0, 0.1) is 5.82 Å². The smallest absolute Gasteiger partial charge is 0.433 e. The molecule has 176 valence electrons. The van der Waals surface area contributed by atoms with Gasteiger partial charge in [0.25, 0.3) is 0 Å². The normalized spacial score (nSPS) is 15.2. The molecule has 1 aromatic carbocycles. The lowest BCUT2D eigenvalue weighted by Gasteiger charge is -2.35. The van der Waals surface area contributed by atoms with Crippen LogP contribution in [-0.4, -0.2) is 58.0 Å². The minimum absolute atomic E-state index is 0.000592. The summed E-state index contributed by atoms with van der Waals surface area (Å²) in [7, 11) is 0. The summed E-state index contributed by atoms with van der Waals surface area (Å²) in [6.07, 6.45) is -3.36. The topological polar surface area (TPSA) is 66.9 Å². The van der Waals surface area contributed by atoms with E-state index in [1.54, 1.807) is 18.2 Å². The highest BCUT2D eigenvalue weighted by molar-refractivity contribution is 5.96. The molecule has 0 unspecified atom stereocenters. The number of furan rings is 1. The third kappa shape index (κ3) is 4.38. The van der Waals surface area contributed by atoms with Gasteiger partial charge in [-0.1, -0.05) is 0 Å². The van der Waals surface area contributed by atoms with Crippen molar-refractivity contribution in [2.75, 3.05) is 37.6 Å². The molecule has 4 aromatic rings. The zero-order valence-electron chi connectivity index (χ0n) is 17.8. The number of fused-ring (bicyclic) bond motifs is 1. The Morgan fingerprint density at radius 1 is 1.03 bits per heavy atom. The summed E-state index contributed by atoms with van der Waals surface area (Å²) in [5.41, 5.74) is -0.330. The Bertz CT molecular complexity index is 1310. The summed E-state index contributed by atoms with van der Waals surface area (Å²) in [6.45, 7) is 2.44. The minimum atomic E-state index is -4.70. The zero-order chi connectivity index (χ0) is 23.9. The van der Waals surface area contributed by atoms with Crippen LogP contribution in [-0.2, 0) is 6.18 Å². The lowest BCUT2D eigenvalue weighted by molar-refractivity contribution is -0.142. The van der Waals surface area contributed by atoms with E-state index >= 15 is 0 Å². The van der Waals surface area contributed by atoms with Gasteiger partial charge in [0.05, 0.1) is 12.8 Å². The second-order valence-corrected chi connectivity index (χ2v) is 7.96. The first kappa shape index (κ1) is 22.1. The molecule has 0 radical (unpaired) electrons. The highest BCUT2D eigenvalue weighted by Gasteiger charge is 2.36. The van der Waals surface area contributed by atoms with E-state index in [-0.39, 0.29) is 35.2 Å².